The molecule has 6 nitrogen and oxygen atoms in total. The van der Waals surface area contributed by atoms with E-state index in [4.69, 9.17) is 9.05 Å². The second kappa shape index (κ2) is 11.9. The number of carbonyl (C=O) groups excluding carboxylic acids is 2. The number of rotatable bonds is 8. The van der Waals surface area contributed by atoms with Gasteiger partial charge in [-0.25, -0.2) is 0 Å². The Balaban J connectivity index is 1.45. The molecular formula is C27H34NO5PS. The molecule has 35 heavy (non-hydrogen) atoms. The first-order valence-electron chi connectivity index (χ1n) is 12.5. The van der Waals surface area contributed by atoms with E-state index in [1.54, 1.807) is 38.1 Å². The summed E-state index contributed by atoms with van der Waals surface area (Å²) in [4.78, 5) is 26.0. The number of hydrogen-bond donors (Lipinski definition) is 1. The summed E-state index contributed by atoms with van der Waals surface area (Å²) in [5, 5.41) is 3.04. The molecule has 1 atom stereocenters. The molecule has 0 spiro atoms. The maximum Gasteiger partial charge on any atom is 0.361 e. The van der Waals surface area contributed by atoms with Crippen LogP contribution in [-0.4, -0.2) is 35.9 Å². The van der Waals surface area contributed by atoms with Crippen LogP contribution < -0.4 is 10.6 Å². The Morgan fingerprint density at radius 1 is 1.03 bits per heavy atom. The van der Waals surface area contributed by atoms with Crippen LogP contribution in [0.5, 0.6) is 0 Å². The number of hydrogen-bond acceptors (Lipinski definition) is 6. The zero-order chi connectivity index (χ0) is 24.8. The van der Waals surface area contributed by atoms with Crippen molar-refractivity contribution in [2.24, 2.45) is 0 Å². The van der Waals surface area contributed by atoms with Crippen molar-refractivity contribution < 1.29 is 23.2 Å². The number of carbonyl (C=O) groups is 2. The van der Waals surface area contributed by atoms with Gasteiger partial charge < -0.3 is 14.4 Å². The maximum absolute atomic E-state index is 13.1. The molecule has 0 aromatic heterocycles. The second-order valence-electron chi connectivity index (χ2n) is 9.05. The van der Waals surface area contributed by atoms with Gasteiger partial charge in [-0.3, -0.25) is 14.2 Å². The molecule has 1 aliphatic heterocycles. The van der Waals surface area contributed by atoms with Crippen LogP contribution in [-0.2, 0) is 24.8 Å². The highest BCUT2D eigenvalue weighted by molar-refractivity contribution is 8.01. The molecule has 0 bridgehead atoms. The first-order chi connectivity index (χ1) is 16.9. The molecule has 2 aliphatic rings. The van der Waals surface area contributed by atoms with Crippen molar-refractivity contribution in [2.45, 2.75) is 63.5 Å². The topological polar surface area (TPSA) is 81.7 Å². The van der Waals surface area contributed by atoms with Gasteiger partial charge in [-0.1, -0.05) is 31.4 Å². The van der Waals surface area contributed by atoms with Crippen molar-refractivity contribution >= 4 is 42.0 Å². The Labute approximate surface area is 212 Å². The van der Waals surface area contributed by atoms with Crippen LogP contribution in [0.25, 0.3) is 0 Å². The molecule has 2 aromatic carbocycles. The van der Waals surface area contributed by atoms with Gasteiger partial charge in [-0.05, 0) is 80.5 Å². The van der Waals surface area contributed by atoms with Gasteiger partial charge >= 0.3 is 7.60 Å². The third kappa shape index (κ3) is 6.26. The fraction of sp³-hybridized carbons (Fsp3) is 0.481. The molecular weight excluding hydrogens is 481 g/mol. The van der Waals surface area contributed by atoms with Gasteiger partial charge in [0, 0.05) is 11.3 Å². The van der Waals surface area contributed by atoms with Crippen molar-refractivity contribution in [3.63, 3.8) is 0 Å². The molecule has 1 amide bonds. The molecule has 2 aromatic rings. The van der Waals surface area contributed by atoms with E-state index < -0.39 is 7.60 Å². The van der Waals surface area contributed by atoms with Crippen LogP contribution in [0.2, 0.25) is 0 Å². The van der Waals surface area contributed by atoms with Crippen molar-refractivity contribution in [3.8, 4) is 0 Å². The summed E-state index contributed by atoms with van der Waals surface area (Å²) >= 11 is 1.39. The van der Waals surface area contributed by atoms with Crippen LogP contribution in [0.3, 0.4) is 0 Å². The van der Waals surface area contributed by atoms with E-state index in [0.29, 0.717) is 29.1 Å². The minimum Gasteiger partial charge on any atom is -0.325 e. The van der Waals surface area contributed by atoms with E-state index in [1.165, 1.54) is 49.4 Å². The maximum atomic E-state index is 13.1. The lowest BCUT2D eigenvalue weighted by molar-refractivity contribution is -0.115. The average Bonchev–Trinajstić information content (AvgIpc) is 3.04. The lowest BCUT2D eigenvalue weighted by Crippen LogP contribution is -2.27. The first kappa shape index (κ1) is 26.2. The Hall–Kier alpha value is -1.92. The molecule has 1 saturated carbocycles. The third-order valence-electron chi connectivity index (χ3n) is 6.67. The lowest BCUT2D eigenvalue weighted by atomic mass is 9.82. The fourth-order valence-corrected chi connectivity index (χ4v) is 7.46. The standard InChI is InChI=1S/C27H34NO5PS/c1-3-32-34(31,33-4-2)23-14-12-22(13-15-23)28-27(30)26-17-21-11-10-20(19-8-6-5-7-9-19)16-24(21)25(29)18-35-26/h10-16,19,26H,3-9,17-18H2,1-2H3,(H,28,30). The van der Waals surface area contributed by atoms with E-state index in [9.17, 15) is 14.2 Å². The number of ketones is 1. The monoisotopic (exact) mass is 515 g/mol. The molecule has 0 saturated heterocycles. The van der Waals surface area contributed by atoms with Crippen molar-refractivity contribution in [1.29, 1.82) is 0 Å². The fourth-order valence-electron chi connectivity index (χ4n) is 4.88. The number of amides is 1. The molecule has 1 N–H and O–H groups in total. The Bertz CT molecular complexity index is 1090. The van der Waals surface area contributed by atoms with E-state index in [2.05, 4.69) is 23.5 Å². The Kier molecular flexibility index (Phi) is 8.87. The quantitative estimate of drug-likeness (QED) is 0.428. The summed E-state index contributed by atoms with van der Waals surface area (Å²) < 4.78 is 23.7. The smallest absolute Gasteiger partial charge is 0.325 e. The van der Waals surface area contributed by atoms with Crippen LogP contribution in [0.15, 0.2) is 42.5 Å². The summed E-state index contributed by atoms with van der Waals surface area (Å²) in [6.07, 6.45) is 6.71. The van der Waals surface area contributed by atoms with E-state index in [-0.39, 0.29) is 30.2 Å². The average molecular weight is 516 g/mol. The number of Topliss-reactive ketones (excluding diaryl/α,β-unsaturated/α-hetero) is 1. The number of fused-ring (bicyclic) bond motifs is 1. The largest absolute Gasteiger partial charge is 0.361 e. The van der Waals surface area contributed by atoms with Gasteiger partial charge in [-0.15, -0.1) is 11.8 Å². The molecule has 1 fully saturated rings. The lowest BCUT2D eigenvalue weighted by Gasteiger charge is -2.23. The van der Waals surface area contributed by atoms with Gasteiger partial charge in [0.05, 0.1) is 29.5 Å². The predicted molar refractivity (Wildman–Crippen MR) is 142 cm³/mol. The van der Waals surface area contributed by atoms with Crippen molar-refractivity contribution in [1.82, 2.24) is 0 Å². The summed E-state index contributed by atoms with van der Waals surface area (Å²) in [5.41, 5.74) is 3.59. The highest BCUT2D eigenvalue weighted by Crippen LogP contribution is 2.46. The second-order valence-corrected chi connectivity index (χ2v) is 12.3. The molecule has 8 heteroatoms. The van der Waals surface area contributed by atoms with Crippen LogP contribution in [0.4, 0.5) is 5.69 Å². The summed E-state index contributed by atoms with van der Waals surface area (Å²) in [6.45, 7) is 4.09. The SMILES string of the molecule is CCOP(=O)(OCC)c1ccc(NC(=O)C2Cc3ccc(C4CCCCC4)cc3C(=O)CS2)cc1. The minimum absolute atomic E-state index is 0.102. The molecule has 4 rings (SSSR count). The van der Waals surface area contributed by atoms with Crippen LogP contribution in [0.1, 0.15) is 73.4 Å². The minimum atomic E-state index is -3.37. The molecule has 1 aliphatic carbocycles. The Morgan fingerprint density at radius 2 is 1.71 bits per heavy atom. The van der Waals surface area contributed by atoms with Crippen molar-refractivity contribution in [3.05, 3.63) is 59.2 Å². The summed E-state index contributed by atoms with van der Waals surface area (Å²) in [5.74, 6) is 0.798. The zero-order valence-electron chi connectivity index (χ0n) is 20.5. The van der Waals surface area contributed by atoms with E-state index in [0.717, 1.165) is 11.1 Å². The summed E-state index contributed by atoms with van der Waals surface area (Å²) in [6, 6.07) is 13.0. The highest BCUT2D eigenvalue weighted by Gasteiger charge is 2.29. The predicted octanol–water partition coefficient (Wildman–Crippen LogP) is 6.11. The van der Waals surface area contributed by atoms with Gasteiger partial charge in [0.15, 0.2) is 5.78 Å². The summed E-state index contributed by atoms with van der Waals surface area (Å²) in [7, 11) is -3.37. The van der Waals surface area contributed by atoms with Crippen molar-refractivity contribution in [2.75, 3.05) is 24.3 Å². The zero-order valence-corrected chi connectivity index (χ0v) is 22.2. The molecule has 0 radical (unpaired) electrons. The normalized spacial score (nSPS) is 19.1. The number of benzene rings is 2. The number of thioether (sulfide) groups is 1. The highest BCUT2D eigenvalue weighted by atomic mass is 32.2. The molecule has 1 heterocycles. The first-order valence-corrected chi connectivity index (χ1v) is 15.1. The van der Waals surface area contributed by atoms with Gasteiger partial charge in [0.2, 0.25) is 5.91 Å². The van der Waals surface area contributed by atoms with Gasteiger partial charge in [0.25, 0.3) is 0 Å². The third-order valence-corrected chi connectivity index (χ3v) is 10.0. The Morgan fingerprint density at radius 3 is 2.37 bits per heavy atom. The number of anilines is 1. The van der Waals surface area contributed by atoms with E-state index >= 15 is 0 Å². The molecule has 1 unspecified atom stereocenters. The van der Waals surface area contributed by atoms with Crippen LogP contribution in [0, 0.1) is 0 Å². The van der Waals surface area contributed by atoms with Gasteiger partial charge in [-0.2, -0.15) is 0 Å². The van der Waals surface area contributed by atoms with E-state index in [1.807, 2.05) is 0 Å². The number of nitrogens with one attached hydrogen (secondary N) is 1. The molecule has 188 valence electrons. The van der Waals surface area contributed by atoms with Gasteiger partial charge in [0.1, 0.15) is 0 Å². The van der Waals surface area contributed by atoms with Crippen LogP contribution >= 0.6 is 19.4 Å².